The maximum atomic E-state index is 14.0. The standard InChI is InChI=1S/C29H30N2O7S2/c1-2-36-29(33)26-21-9-5-6-10-25(21)39-28(26)30-27(32)22-15-18-7-3-4-8-19(18)17-31(22)40(34,35)20-11-12-23-24(16-20)38-14-13-37-23/h3-4,7-8,11-12,16,22H,2,5-6,9-10,13-15,17H2,1H3,(H,30,32). The van der Waals surface area contributed by atoms with E-state index in [-0.39, 0.29) is 24.5 Å². The number of nitrogens with one attached hydrogen (secondary N) is 1. The third-order valence-electron chi connectivity index (χ3n) is 7.52. The minimum absolute atomic E-state index is 0.0210. The second kappa shape index (κ2) is 10.9. The molecule has 0 radical (unpaired) electrons. The molecule has 2 aliphatic heterocycles. The molecule has 3 heterocycles. The lowest BCUT2D eigenvalue weighted by atomic mass is 9.94. The lowest BCUT2D eigenvalue weighted by Gasteiger charge is -2.35. The monoisotopic (exact) mass is 582 g/mol. The van der Waals surface area contributed by atoms with Gasteiger partial charge in [-0.1, -0.05) is 24.3 Å². The van der Waals surface area contributed by atoms with Crippen molar-refractivity contribution in [3.05, 3.63) is 69.6 Å². The van der Waals surface area contributed by atoms with Crippen LogP contribution in [0.2, 0.25) is 0 Å². The van der Waals surface area contributed by atoms with Crippen molar-refractivity contribution < 1.29 is 32.2 Å². The molecule has 1 N–H and O–H groups in total. The van der Waals surface area contributed by atoms with Crippen molar-refractivity contribution in [2.24, 2.45) is 0 Å². The Morgan fingerprint density at radius 2 is 1.80 bits per heavy atom. The largest absolute Gasteiger partial charge is 0.486 e. The molecule has 1 amide bonds. The van der Waals surface area contributed by atoms with Gasteiger partial charge in [0.15, 0.2) is 11.5 Å². The van der Waals surface area contributed by atoms with E-state index in [1.807, 2.05) is 24.3 Å². The van der Waals surface area contributed by atoms with E-state index >= 15 is 0 Å². The fraction of sp³-hybridized carbons (Fsp3) is 0.379. The summed E-state index contributed by atoms with van der Waals surface area (Å²) < 4.78 is 45.9. The molecule has 1 unspecified atom stereocenters. The highest BCUT2D eigenvalue weighted by molar-refractivity contribution is 7.89. The molecule has 1 aromatic heterocycles. The van der Waals surface area contributed by atoms with E-state index in [0.717, 1.165) is 47.3 Å². The van der Waals surface area contributed by atoms with E-state index in [9.17, 15) is 18.0 Å². The zero-order chi connectivity index (χ0) is 27.9. The molecule has 0 saturated heterocycles. The zero-order valence-electron chi connectivity index (χ0n) is 22.1. The molecule has 3 aliphatic rings. The third kappa shape index (κ3) is 4.86. The van der Waals surface area contributed by atoms with Crippen LogP contribution in [0.1, 0.15) is 51.7 Å². The van der Waals surface area contributed by atoms with Gasteiger partial charge in [-0.15, -0.1) is 11.3 Å². The maximum Gasteiger partial charge on any atom is 0.341 e. The van der Waals surface area contributed by atoms with Crippen molar-refractivity contribution in [2.45, 2.75) is 56.5 Å². The molecule has 0 bridgehead atoms. The summed E-state index contributed by atoms with van der Waals surface area (Å²) in [5.41, 5.74) is 3.07. The second-order valence-corrected chi connectivity index (χ2v) is 13.0. The van der Waals surface area contributed by atoms with Crippen LogP contribution in [0.5, 0.6) is 11.5 Å². The number of rotatable bonds is 6. The number of nitrogens with zero attached hydrogens (tertiary/aromatic N) is 1. The highest BCUT2D eigenvalue weighted by atomic mass is 32.2. The molecule has 2 aromatic carbocycles. The summed E-state index contributed by atoms with van der Waals surface area (Å²) in [5.74, 6) is -0.114. The summed E-state index contributed by atoms with van der Waals surface area (Å²) in [7, 11) is -4.11. The van der Waals surface area contributed by atoms with Crippen molar-refractivity contribution in [1.82, 2.24) is 4.31 Å². The number of thiophene rings is 1. The SMILES string of the molecule is CCOC(=O)c1c(NC(=O)C2Cc3ccccc3CN2S(=O)(=O)c2ccc3c(c2)OCCO3)sc2c1CCCC2. The average molecular weight is 583 g/mol. The van der Waals surface area contributed by atoms with Gasteiger partial charge in [-0.25, -0.2) is 13.2 Å². The number of carbonyl (C=O) groups excluding carboxylic acids is 2. The predicted octanol–water partition coefficient (Wildman–Crippen LogP) is 4.33. The van der Waals surface area contributed by atoms with Gasteiger partial charge in [0, 0.05) is 17.5 Å². The van der Waals surface area contributed by atoms with Gasteiger partial charge in [0.2, 0.25) is 15.9 Å². The topological polar surface area (TPSA) is 111 Å². The Balaban J connectivity index is 1.36. The zero-order valence-corrected chi connectivity index (χ0v) is 23.7. The van der Waals surface area contributed by atoms with Crippen molar-refractivity contribution in [2.75, 3.05) is 25.1 Å². The first kappa shape index (κ1) is 26.8. The Hall–Kier alpha value is -3.41. The average Bonchev–Trinajstić information content (AvgIpc) is 3.34. The molecule has 11 heteroatoms. The van der Waals surface area contributed by atoms with Crippen LogP contribution in [-0.2, 0) is 45.4 Å². The maximum absolute atomic E-state index is 14.0. The summed E-state index contributed by atoms with van der Waals surface area (Å²) >= 11 is 1.38. The highest BCUT2D eigenvalue weighted by Crippen LogP contribution is 2.40. The minimum Gasteiger partial charge on any atom is -0.486 e. The summed E-state index contributed by atoms with van der Waals surface area (Å²) in [4.78, 5) is 28.0. The van der Waals surface area contributed by atoms with Crippen LogP contribution in [0, 0.1) is 0 Å². The first-order chi connectivity index (χ1) is 19.4. The fourth-order valence-electron chi connectivity index (χ4n) is 5.56. The lowest BCUT2D eigenvalue weighted by molar-refractivity contribution is -0.120. The van der Waals surface area contributed by atoms with E-state index in [4.69, 9.17) is 14.2 Å². The molecule has 40 heavy (non-hydrogen) atoms. The fourth-order valence-corrected chi connectivity index (χ4v) is 8.42. The van der Waals surface area contributed by atoms with E-state index in [1.165, 1.54) is 27.8 Å². The number of carbonyl (C=O) groups is 2. The van der Waals surface area contributed by atoms with E-state index in [0.29, 0.717) is 35.3 Å². The van der Waals surface area contributed by atoms with E-state index in [2.05, 4.69) is 5.32 Å². The quantitative estimate of drug-likeness (QED) is 0.431. The minimum atomic E-state index is -4.11. The van der Waals surface area contributed by atoms with Crippen LogP contribution in [0.3, 0.4) is 0 Å². The number of amides is 1. The summed E-state index contributed by atoms with van der Waals surface area (Å²) in [5, 5.41) is 3.36. The normalized spacial score (nSPS) is 18.4. The van der Waals surface area contributed by atoms with Gasteiger partial charge >= 0.3 is 5.97 Å². The number of hydrogen-bond acceptors (Lipinski definition) is 8. The number of fused-ring (bicyclic) bond motifs is 3. The lowest BCUT2D eigenvalue weighted by Crippen LogP contribution is -2.50. The Kier molecular flexibility index (Phi) is 7.28. The van der Waals surface area contributed by atoms with Crippen LogP contribution < -0.4 is 14.8 Å². The molecule has 3 aromatic rings. The van der Waals surface area contributed by atoms with Crippen LogP contribution in [-0.4, -0.2) is 50.5 Å². The van der Waals surface area contributed by atoms with E-state index < -0.39 is 27.9 Å². The van der Waals surface area contributed by atoms with Crippen LogP contribution in [0.15, 0.2) is 47.4 Å². The molecular weight excluding hydrogens is 552 g/mol. The van der Waals surface area contributed by atoms with Gasteiger partial charge in [0.1, 0.15) is 24.3 Å². The van der Waals surface area contributed by atoms with Crippen molar-refractivity contribution in [1.29, 1.82) is 0 Å². The Morgan fingerprint density at radius 1 is 1.05 bits per heavy atom. The number of benzene rings is 2. The third-order valence-corrected chi connectivity index (χ3v) is 10.6. The van der Waals surface area contributed by atoms with Gasteiger partial charge in [0.25, 0.3) is 0 Å². The molecule has 1 atom stereocenters. The molecule has 0 spiro atoms. The van der Waals surface area contributed by atoms with Gasteiger partial charge < -0.3 is 19.5 Å². The highest BCUT2D eigenvalue weighted by Gasteiger charge is 2.41. The van der Waals surface area contributed by atoms with Crippen LogP contribution in [0.25, 0.3) is 0 Å². The first-order valence-corrected chi connectivity index (χ1v) is 15.7. The number of anilines is 1. The Bertz CT molecular complexity index is 1580. The summed E-state index contributed by atoms with van der Waals surface area (Å²) in [6, 6.07) is 11.0. The predicted molar refractivity (Wildman–Crippen MR) is 150 cm³/mol. The van der Waals surface area contributed by atoms with Gasteiger partial charge in [0.05, 0.1) is 17.1 Å². The number of aryl methyl sites for hydroxylation is 1. The number of hydrogen-bond donors (Lipinski definition) is 1. The molecule has 0 saturated carbocycles. The molecule has 0 fully saturated rings. The Labute approximate surface area is 237 Å². The molecule has 210 valence electrons. The molecular formula is C29H30N2O7S2. The molecule has 9 nitrogen and oxygen atoms in total. The second-order valence-electron chi connectivity index (χ2n) is 9.97. The number of esters is 1. The first-order valence-electron chi connectivity index (χ1n) is 13.5. The smallest absolute Gasteiger partial charge is 0.341 e. The molecule has 6 rings (SSSR count). The Morgan fingerprint density at radius 3 is 2.60 bits per heavy atom. The number of sulfonamides is 1. The van der Waals surface area contributed by atoms with Crippen LogP contribution >= 0.6 is 11.3 Å². The van der Waals surface area contributed by atoms with Gasteiger partial charge in [-0.05, 0) is 67.9 Å². The van der Waals surface area contributed by atoms with Crippen molar-refractivity contribution in [3.63, 3.8) is 0 Å². The van der Waals surface area contributed by atoms with Gasteiger partial charge in [-0.3, -0.25) is 4.79 Å². The van der Waals surface area contributed by atoms with E-state index in [1.54, 1.807) is 13.0 Å². The summed E-state index contributed by atoms with van der Waals surface area (Å²) in [6.45, 7) is 2.72. The molecule has 1 aliphatic carbocycles. The van der Waals surface area contributed by atoms with Crippen molar-refractivity contribution in [3.8, 4) is 11.5 Å². The number of ether oxygens (including phenoxy) is 3. The van der Waals surface area contributed by atoms with Crippen LogP contribution in [0.4, 0.5) is 5.00 Å². The summed E-state index contributed by atoms with van der Waals surface area (Å²) in [6.07, 6.45) is 3.77. The van der Waals surface area contributed by atoms with Gasteiger partial charge in [-0.2, -0.15) is 4.31 Å². The van der Waals surface area contributed by atoms with Crippen molar-refractivity contribution >= 4 is 38.2 Å².